The van der Waals surface area contributed by atoms with Gasteiger partial charge in [-0.05, 0) is 81.7 Å². The van der Waals surface area contributed by atoms with Crippen LogP contribution < -0.4 is 24.4 Å². The third-order valence-electron chi connectivity index (χ3n) is 13.5. The molecule has 26 heteroatoms. The molecule has 3 aliphatic heterocycles. The number of allylic oxidation sites excluding steroid dienone is 1. The van der Waals surface area contributed by atoms with Crippen LogP contribution in [0.15, 0.2) is 88.1 Å². The average Bonchev–Trinajstić information content (AvgIpc) is 3.52. The van der Waals surface area contributed by atoms with Crippen molar-refractivity contribution in [2.75, 3.05) is 27.4 Å². The zero-order chi connectivity index (χ0) is 58.5. The van der Waals surface area contributed by atoms with Crippen LogP contribution in [0.3, 0.4) is 0 Å². The normalized spacial score (nSPS) is 29.8. The van der Waals surface area contributed by atoms with Gasteiger partial charge < -0.3 is 113 Å². The number of ether oxygens (including phenoxy) is 10. The highest BCUT2D eigenvalue weighted by Crippen LogP contribution is 2.41. The van der Waals surface area contributed by atoms with Crippen LogP contribution in [0, 0.1) is 0 Å². The number of carbonyl (C=O) groups excluding carboxylic acids is 2. The molecule has 12 N–H and O–H groups in total. The molecule has 26 nitrogen and oxygen atoms in total. The predicted octanol–water partition coefficient (Wildman–Crippen LogP) is 0.282. The van der Waals surface area contributed by atoms with Crippen molar-refractivity contribution in [3.8, 4) is 51.6 Å². The highest BCUT2D eigenvalue weighted by molar-refractivity contribution is 5.89. The molecule has 3 saturated heterocycles. The van der Waals surface area contributed by atoms with E-state index in [0.717, 1.165) is 18.2 Å². The summed E-state index contributed by atoms with van der Waals surface area (Å²) in [5.41, 5.74) is -2.25. The lowest BCUT2D eigenvalue weighted by Gasteiger charge is -2.45. The van der Waals surface area contributed by atoms with Gasteiger partial charge in [0.25, 0.3) is 0 Å². The summed E-state index contributed by atoms with van der Waals surface area (Å²) in [6.07, 6.45) is -21.8. The highest BCUT2D eigenvalue weighted by atomic mass is 16.8. The number of aliphatic hydroxyl groups excluding tert-OH is 8. The quantitative estimate of drug-likeness (QED) is 0.0321. The van der Waals surface area contributed by atoms with E-state index in [2.05, 4.69) is 6.58 Å². The molecule has 0 bridgehead atoms. The molecule has 0 amide bonds. The first kappa shape index (κ1) is 60.7. The van der Waals surface area contributed by atoms with Gasteiger partial charge in [-0.1, -0.05) is 12.2 Å². The Morgan fingerprint density at radius 3 is 2.06 bits per heavy atom. The Labute approximate surface area is 455 Å². The number of rotatable bonds is 20. The van der Waals surface area contributed by atoms with E-state index in [4.69, 9.17) is 51.8 Å². The smallest absolute Gasteiger partial charge is 0.333 e. The molecule has 436 valence electrons. The lowest BCUT2D eigenvalue weighted by Crippen LogP contribution is -2.65. The van der Waals surface area contributed by atoms with E-state index < -0.39 is 157 Å². The number of hydrogen-bond acceptors (Lipinski definition) is 26. The number of aliphatic hydroxyl groups is 9. The van der Waals surface area contributed by atoms with Crippen molar-refractivity contribution in [1.82, 2.24) is 0 Å². The van der Waals surface area contributed by atoms with Gasteiger partial charge >= 0.3 is 11.9 Å². The third-order valence-corrected chi connectivity index (χ3v) is 13.5. The molecule has 0 radical (unpaired) electrons. The first-order valence-electron chi connectivity index (χ1n) is 24.9. The summed E-state index contributed by atoms with van der Waals surface area (Å²) in [4.78, 5) is 40.6. The molecule has 4 aromatic rings. The van der Waals surface area contributed by atoms with Gasteiger partial charge in [0.2, 0.25) is 29.5 Å². The molecule has 7 rings (SSSR count). The fourth-order valence-electron chi connectivity index (χ4n) is 8.71. The minimum absolute atomic E-state index is 0.0296. The number of esters is 2. The van der Waals surface area contributed by atoms with E-state index in [1.165, 1.54) is 82.7 Å². The van der Waals surface area contributed by atoms with Crippen LogP contribution in [0.25, 0.3) is 28.4 Å². The van der Waals surface area contributed by atoms with Crippen molar-refractivity contribution in [3.05, 3.63) is 94.7 Å². The van der Waals surface area contributed by atoms with Crippen LogP contribution in [-0.2, 0) is 38.0 Å². The van der Waals surface area contributed by atoms with Crippen molar-refractivity contribution in [2.45, 2.75) is 131 Å². The van der Waals surface area contributed by atoms with Crippen LogP contribution in [0.4, 0.5) is 0 Å². The number of phenols is 3. The molecule has 3 aliphatic rings. The number of benzene rings is 3. The van der Waals surface area contributed by atoms with Gasteiger partial charge in [-0.15, -0.1) is 6.58 Å². The Morgan fingerprint density at radius 2 is 1.43 bits per heavy atom. The number of phenolic OH excluding ortho intramolecular Hbond substituents is 3. The standard InChI is InChI=1S/C54H64O26/c1-7-54(4,69)16-8-9-23(2)50(68)78-47-37(59)24(3)73-52(45(47)67)74-28-19-29(57)36-30(20-28)75-46(26-11-13-27(56)14-12-26)48(41(36)63)79-53-49(43(65)39(61)33(21-55)76-53)80-51-44(66)42(64)40(62)34(77-51)22-72-35(58)15-10-25-17-31(70-5)38(60)32(18-25)71-6/h7,9-15,17-20,24,33-34,37,39-40,42-45,47,49,51-53,55-57,59-62,64-67,69H,1,8,16,21-22H2,2-6H3. The fraction of sp³-hybridized carbons (Fsp3) is 0.463. The maximum absolute atomic E-state index is 14.7. The van der Waals surface area contributed by atoms with Crippen molar-refractivity contribution < 1.29 is 123 Å². The van der Waals surface area contributed by atoms with Crippen LogP contribution in [0.1, 0.15) is 39.2 Å². The summed E-state index contributed by atoms with van der Waals surface area (Å²) in [7, 11) is 2.61. The molecule has 80 heavy (non-hydrogen) atoms. The molecule has 3 aromatic carbocycles. The van der Waals surface area contributed by atoms with E-state index in [9.17, 15) is 75.7 Å². The zero-order valence-electron chi connectivity index (χ0n) is 43.7. The molecule has 16 unspecified atom stereocenters. The predicted molar refractivity (Wildman–Crippen MR) is 273 cm³/mol. The Hall–Kier alpha value is -6.89. The molecule has 3 fully saturated rings. The van der Waals surface area contributed by atoms with Crippen LogP contribution in [0.2, 0.25) is 0 Å². The van der Waals surface area contributed by atoms with Crippen LogP contribution in [0.5, 0.6) is 40.2 Å². The molecule has 1 aromatic heterocycles. The van der Waals surface area contributed by atoms with Gasteiger partial charge in [-0.3, -0.25) is 4.79 Å². The lowest BCUT2D eigenvalue weighted by molar-refractivity contribution is -0.358. The van der Waals surface area contributed by atoms with E-state index in [-0.39, 0.29) is 52.7 Å². The second kappa shape index (κ2) is 25.7. The first-order valence-corrected chi connectivity index (χ1v) is 24.9. The monoisotopic (exact) mass is 1130 g/mol. The molecular formula is C54H64O26. The van der Waals surface area contributed by atoms with E-state index in [1.54, 1.807) is 6.92 Å². The minimum Gasteiger partial charge on any atom is -0.508 e. The lowest BCUT2D eigenvalue weighted by atomic mass is 9.97. The number of methoxy groups -OCH3 is 2. The van der Waals surface area contributed by atoms with E-state index in [1.807, 2.05) is 0 Å². The highest BCUT2D eigenvalue weighted by Gasteiger charge is 2.52. The second-order valence-electron chi connectivity index (χ2n) is 19.3. The van der Waals surface area contributed by atoms with Gasteiger partial charge in [0.05, 0.1) is 32.5 Å². The number of fused-ring (bicyclic) bond motifs is 1. The third kappa shape index (κ3) is 13.5. The molecular weight excluding hydrogens is 1060 g/mol. The summed E-state index contributed by atoms with van der Waals surface area (Å²) in [6, 6.07) is 9.85. The van der Waals surface area contributed by atoms with Gasteiger partial charge in [0, 0.05) is 29.3 Å². The topological polar surface area (TPSA) is 399 Å². The maximum atomic E-state index is 14.7. The van der Waals surface area contributed by atoms with Crippen molar-refractivity contribution in [2.24, 2.45) is 0 Å². The fourth-order valence-corrected chi connectivity index (χ4v) is 8.71. The summed E-state index contributed by atoms with van der Waals surface area (Å²) >= 11 is 0. The number of carbonyl (C=O) groups is 2. The van der Waals surface area contributed by atoms with E-state index in [0.29, 0.717) is 5.56 Å². The summed E-state index contributed by atoms with van der Waals surface area (Å²) in [5, 5.41) is 129. The molecule has 4 heterocycles. The molecule has 0 spiro atoms. The molecule has 0 saturated carbocycles. The minimum atomic E-state index is -2.12. The Balaban J connectivity index is 1.15. The van der Waals surface area contributed by atoms with Crippen molar-refractivity contribution in [3.63, 3.8) is 0 Å². The van der Waals surface area contributed by atoms with E-state index >= 15 is 0 Å². The van der Waals surface area contributed by atoms with Gasteiger partial charge in [0.15, 0.2) is 41.9 Å². The second-order valence-corrected chi connectivity index (χ2v) is 19.3. The van der Waals surface area contributed by atoms with Gasteiger partial charge in [0.1, 0.15) is 83.7 Å². The van der Waals surface area contributed by atoms with Crippen molar-refractivity contribution >= 4 is 29.0 Å². The Bertz CT molecular complexity index is 2930. The van der Waals surface area contributed by atoms with Gasteiger partial charge in [-0.25, -0.2) is 9.59 Å². The summed E-state index contributed by atoms with van der Waals surface area (Å²) in [6.45, 7) is 6.25. The summed E-state index contributed by atoms with van der Waals surface area (Å²) < 4.78 is 62.4. The van der Waals surface area contributed by atoms with Crippen LogP contribution >= 0.6 is 0 Å². The Kier molecular flexibility index (Phi) is 19.5. The zero-order valence-corrected chi connectivity index (χ0v) is 43.7. The first-order chi connectivity index (χ1) is 37.9. The van der Waals surface area contributed by atoms with Crippen molar-refractivity contribution in [1.29, 1.82) is 0 Å². The average molecular weight is 1130 g/mol. The molecule has 16 atom stereocenters. The van der Waals surface area contributed by atoms with Crippen LogP contribution in [-0.4, -0.2) is 198 Å². The SMILES string of the molecule is C=CC(C)(O)CCC=C(C)C(=O)OC1C(O)C(C)OC(Oc2cc(O)c3c(=O)c(OC4OC(CO)C(O)C(O)C4OC4OC(COC(=O)C=Cc5cc(OC)c(O)c(OC)c5)C(O)C(O)C4O)c(-c4ccc(O)cc4)oc3c2)C1O. The molecule has 0 aliphatic carbocycles. The largest absolute Gasteiger partial charge is 0.508 e. The van der Waals surface area contributed by atoms with Gasteiger partial charge in [-0.2, -0.15) is 0 Å². The number of aromatic hydroxyl groups is 3. The Morgan fingerprint density at radius 1 is 0.775 bits per heavy atom. The maximum Gasteiger partial charge on any atom is 0.333 e. The summed E-state index contributed by atoms with van der Waals surface area (Å²) in [5.74, 6) is -4.66. The number of hydrogen-bond donors (Lipinski definition) is 12.